The van der Waals surface area contributed by atoms with Gasteiger partial charge in [0.1, 0.15) is 5.75 Å². The third kappa shape index (κ3) is 4.00. The Balaban J connectivity index is 1.44. The zero-order chi connectivity index (χ0) is 22.2. The number of benzene rings is 1. The Kier molecular flexibility index (Phi) is 6.15. The van der Waals surface area contributed by atoms with Crippen LogP contribution in [0.4, 0.5) is 10.5 Å². The second kappa shape index (κ2) is 8.69. The van der Waals surface area contributed by atoms with Gasteiger partial charge in [-0.1, -0.05) is 19.9 Å². The molecule has 0 radical (unpaired) electrons. The molecule has 170 valence electrons. The molecule has 4 rings (SSSR count). The Morgan fingerprint density at radius 2 is 2.00 bits per heavy atom. The van der Waals surface area contributed by atoms with Gasteiger partial charge >= 0.3 is 6.03 Å². The van der Waals surface area contributed by atoms with Crippen LogP contribution in [0.25, 0.3) is 0 Å². The summed E-state index contributed by atoms with van der Waals surface area (Å²) in [7, 11) is 1.62. The fraction of sp³-hybridized carbons (Fsp3) is 0.667. The van der Waals surface area contributed by atoms with E-state index in [0.717, 1.165) is 50.5 Å². The lowest BCUT2D eigenvalue weighted by Gasteiger charge is -2.47. The lowest BCUT2D eigenvalue weighted by atomic mass is 9.75. The van der Waals surface area contributed by atoms with Crippen molar-refractivity contribution >= 4 is 17.6 Å². The van der Waals surface area contributed by atoms with Crippen LogP contribution in [0.2, 0.25) is 0 Å². The minimum Gasteiger partial charge on any atom is -0.497 e. The number of hydrogen-bond donors (Lipinski definition) is 1. The number of methoxy groups -OCH3 is 1. The first-order valence-corrected chi connectivity index (χ1v) is 11.6. The molecule has 1 N–H and O–H groups in total. The Hall–Kier alpha value is -2.28. The molecule has 3 aliphatic heterocycles. The van der Waals surface area contributed by atoms with Crippen molar-refractivity contribution in [3.63, 3.8) is 0 Å². The number of ether oxygens (including phenoxy) is 1. The van der Waals surface area contributed by atoms with Gasteiger partial charge < -0.3 is 24.8 Å². The number of carbonyl (C=O) groups is 2. The molecule has 7 heteroatoms. The highest BCUT2D eigenvalue weighted by Crippen LogP contribution is 2.49. The molecule has 2 atom stereocenters. The second-order valence-corrected chi connectivity index (χ2v) is 9.66. The molecule has 0 unspecified atom stereocenters. The first-order chi connectivity index (χ1) is 14.9. The van der Waals surface area contributed by atoms with Crippen LogP contribution in [-0.4, -0.2) is 78.6 Å². The molecule has 3 fully saturated rings. The maximum atomic E-state index is 13.2. The number of fused-ring (bicyclic) bond motifs is 2. The molecular weight excluding hydrogens is 392 g/mol. The van der Waals surface area contributed by atoms with Crippen LogP contribution in [0.1, 0.15) is 33.6 Å². The molecule has 3 heterocycles. The zero-order valence-electron chi connectivity index (χ0n) is 19.3. The number of anilines is 1. The Bertz CT molecular complexity index is 819. The Morgan fingerprint density at radius 1 is 1.26 bits per heavy atom. The molecule has 3 aliphatic rings. The summed E-state index contributed by atoms with van der Waals surface area (Å²) in [6, 6.07) is 7.33. The summed E-state index contributed by atoms with van der Waals surface area (Å²) >= 11 is 0. The predicted octanol–water partition coefficient (Wildman–Crippen LogP) is 3.13. The number of nitrogens with zero attached hydrogens (tertiary/aromatic N) is 3. The minimum absolute atomic E-state index is 0.0834. The highest BCUT2D eigenvalue weighted by atomic mass is 16.5. The van der Waals surface area contributed by atoms with Crippen molar-refractivity contribution in [2.75, 3.05) is 51.7 Å². The lowest BCUT2D eigenvalue weighted by molar-refractivity contribution is -0.135. The van der Waals surface area contributed by atoms with Crippen molar-refractivity contribution in [3.05, 3.63) is 24.3 Å². The van der Waals surface area contributed by atoms with Gasteiger partial charge in [0.05, 0.1) is 18.6 Å². The van der Waals surface area contributed by atoms with Crippen LogP contribution in [0.15, 0.2) is 24.3 Å². The predicted molar refractivity (Wildman–Crippen MR) is 121 cm³/mol. The number of hydrogen-bond acceptors (Lipinski definition) is 4. The summed E-state index contributed by atoms with van der Waals surface area (Å²) < 4.78 is 5.25. The van der Waals surface area contributed by atoms with E-state index < -0.39 is 0 Å². The first kappa shape index (κ1) is 21.9. The topological polar surface area (TPSA) is 65.1 Å². The van der Waals surface area contributed by atoms with Crippen LogP contribution in [-0.2, 0) is 4.79 Å². The van der Waals surface area contributed by atoms with Crippen molar-refractivity contribution < 1.29 is 14.3 Å². The summed E-state index contributed by atoms with van der Waals surface area (Å²) in [5.74, 6) is 2.15. The van der Waals surface area contributed by atoms with Gasteiger partial charge in [-0.15, -0.1) is 0 Å². The molecule has 1 aromatic rings. The molecule has 1 spiro atoms. The molecular formula is C24H36N4O3. The standard InChI is InChI=1S/C24H36N4O3/c1-5-28-22(29)20-15-26(14-17(2)3)16-21(20)24(28)9-11-27(12-10-24)23(30)25-18-7-6-8-19(13-18)31-4/h6-8,13,17,20-21H,5,9-12,14-16H2,1-4H3,(H,25,30)/t20-,21+/m1/s1. The van der Waals surface area contributed by atoms with Gasteiger partial charge in [-0.05, 0) is 37.8 Å². The van der Waals surface area contributed by atoms with Crippen molar-refractivity contribution in [1.82, 2.24) is 14.7 Å². The maximum absolute atomic E-state index is 13.2. The van der Waals surface area contributed by atoms with Crippen LogP contribution in [0.3, 0.4) is 0 Å². The van der Waals surface area contributed by atoms with E-state index in [1.807, 2.05) is 29.2 Å². The van der Waals surface area contributed by atoms with E-state index in [1.54, 1.807) is 7.11 Å². The fourth-order valence-corrected chi connectivity index (χ4v) is 6.08. The Labute approximate surface area is 185 Å². The number of rotatable bonds is 5. The van der Waals surface area contributed by atoms with E-state index in [9.17, 15) is 9.59 Å². The Morgan fingerprint density at radius 3 is 2.65 bits per heavy atom. The van der Waals surface area contributed by atoms with Gasteiger partial charge in [0.15, 0.2) is 0 Å². The lowest BCUT2D eigenvalue weighted by Crippen LogP contribution is -2.58. The third-order valence-corrected chi connectivity index (χ3v) is 7.38. The van der Waals surface area contributed by atoms with Crippen LogP contribution < -0.4 is 10.1 Å². The normalized spacial score (nSPS) is 25.4. The van der Waals surface area contributed by atoms with E-state index >= 15 is 0 Å². The third-order valence-electron chi connectivity index (χ3n) is 7.38. The number of likely N-dealkylation sites (tertiary alicyclic amines) is 3. The van der Waals surface area contributed by atoms with E-state index in [4.69, 9.17) is 4.74 Å². The largest absolute Gasteiger partial charge is 0.497 e. The minimum atomic E-state index is -0.102. The fourth-order valence-electron chi connectivity index (χ4n) is 6.08. The van der Waals surface area contributed by atoms with Gasteiger partial charge in [-0.3, -0.25) is 4.79 Å². The van der Waals surface area contributed by atoms with Crippen LogP contribution >= 0.6 is 0 Å². The van der Waals surface area contributed by atoms with E-state index in [1.165, 1.54) is 0 Å². The molecule has 7 nitrogen and oxygen atoms in total. The number of piperidine rings is 1. The van der Waals surface area contributed by atoms with Gasteiger partial charge in [-0.2, -0.15) is 0 Å². The molecule has 0 saturated carbocycles. The number of carbonyl (C=O) groups excluding carboxylic acids is 2. The van der Waals surface area contributed by atoms with E-state index in [2.05, 4.69) is 35.9 Å². The maximum Gasteiger partial charge on any atom is 0.321 e. The summed E-state index contributed by atoms with van der Waals surface area (Å²) in [6.07, 6.45) is 1.71. The highest BCUT2D eigenvalue weighted by Gasteiger charge is 2.61. The first-order valence-electron chi connectivity index (χ1n) is 11.6. The summed E-state index contributed by atoms with van der Waals surface area (Å²) in [5.41, 5.74) is 0.630. The molecule has 0 aliphatic carbocycles. The van der Waals surface area contributed by atoms with Crippen molar-refractivity contribution in [1.29, 1.82) is 0 Å². The van der Waals surface area contributed by atoms with Crippen molar-refractivity contribution in [2.45, 2.75) is 39.2 Å². The van der Waals surface area contributed by atoms with Crippen molar-refractivity contribution in [3.8, 4) is 5.75 Å². The molecule has 3 saturated heterocycles. The van der Waals surface area contributed by atoms with Crippen molar-refractivity contribution in [2.24, 2.45) is 17.8 Å². The summed E-state index contributed by atoms with van der Waals surface area (Å²) in [4.78, 5) is 32.6. The number of nitrogens with one attached hydrogen (secondary N) is 1. The summed E-state index contributed by atoms with van der Waals surface area (Å²) in [6.45, 7) is 11.6. The van der Waals surface area contributed by atoms with E-state index in [-0.39, 0.29) is 17.5 Å². The summed E-state index contributed by atoms with van der Waals surface area (Å²) in [5, 5.41) is 2.99. The van der Waals surface area contributed by atoms with Gasteiger partial charge in [0.25, 0.3) is 0 Å². The molecule has 31 heavy (non-hydrogen) atoms. The van der Waals surface area contributed by atoms with Gasteiger partial charge in [0, 0.05) is 56.9 Å². The molecule has 3 amide bonds. The average Bonchev–Trinajstić information content (AvgIpc) is 3.25. The molecule has 0 bridgehead atoms. The smallest absolute Gasteiger partial charge is 0.321 e. The molecule has 0 aromatic heterocycles. The quantitative estimate of drug-likeness (QED) is 0.783. The second-order valence-electron chi connectivity index (χ2n) is 9.66. The van der Waals surface area contributed by atoms with Gasteiger partial charge in [0.2, 0.25) is 5.91 Å². The average molecular weight is 429 g/mol. The van der Waals surface area contributed by atoms with Crippen LogP contribution in [0, 0.1) is 17.8 Å². The monoisotopic (exact) mass is 428 g/mol. The SMILES string of the molecule is CCN1C(=O)[C@@H]2CN(CC(C)C)C[C@@H]2C12CCN(C(=O)Nc1cccc(OC)c1)CC2. The molecule has 1 aromatic carbocycles. The van der Waals surface area contributed by atoms with E-state index in [0.29, 0.717) is 30.8 Å². The highest BCUT2D eigenvalue weighted by molar-refractivity contribution is 5.90. The van der Waals surface area contributed by atoms with Crippen LogP contribution in [0.5, 0.6) is 5.75 Å². The van der Waals surface area contributed by atoms with Gasteiger partial charge in [-0.25, -0.2) is 4.79 Å². The number of amides is 3. The number of urea groups is 1. The zero-order valence-corrected chi connectivity index (χ0v) is 19.3.